The van der Waals surface area contributed by atoms with Crippen molar-refractivity contribution in [3.8, 4) is 0 Å². The summed E-state index contributed by atoms with van der Waals surface area (Å²) in [7, 11) is -10.1. The Balaban J connectivity index is -0.0000000213. The molecule has 15 heteroatoms. The van der Waals surface area contributed by atoms with Gasteiger partial charge in [0.1, 0.15) is 0 Å². The van der Waals surface area contributed by atoms with Gasteiger partial charge in [0.2, 0.25) is 0 Å². The molecule has 0 radical (unpaired) electrons. The van der Waals surface area contributed by atoms with Crippen LogP contribution in [0, 0.1) is 0 Å². The minimum absolute atomic E-state index is 0. The molecule has 0 aliphatic heterocycles. The average molecular weight is 392 g/mol. The van der Waals surface area contributed by atoms with E-state index in [4.69, 9.17) is 19.6 Å². The molecular weight excluding hydrogens is 383 g/mol. The molecule has 0 aliphatic rings. The van der Waals surface area contributed by atoms with E-state index >= 15 is 0 Å². The normalized spacial score (nSPS) is 8.27. The topological polar surface area (TPSA) is 124 Å². The van der Waals surface area contributed by atoms with Crippen LogP contribution in [-0.2, 0) is 32.9 Å². The van der Waals surface area contributed by atoms with Gasteiger partial charge in [-0.1, -0.05) is 0 Å². The molecule has 0 aromatic rings. The zero-order valence-electron chi connectivity index (χ0n) is 5.02. The number of hydrogen-bond donors (Lipinski definition) is 4. The van der Waals surface area contributed by atoms with Gasteiger partial charge in [-0.15, -0.1) is 12.4 Å². The molecule has 0 saturated heterocycles. The van der Waals surface area contributed by atoms with Crippen LogP contribution >= 0.6 is 28.1 Å². The van der Waals surface area contributed by atoms with Crippen molar-refractivity contribution in [3.05, 3.63) is 0 Å². The molecule has 7 nitrogen and oxygen atoms in total. The summed E-state index contributed by atoms with van der Waals surface area (Å²) in [5.41, 5.74) is 0. The largest absolute Gasteiger partial charge is 0 e. The van der Waals surface area contributed by atoms with Gasteiger partial charge in [0.05, 0.1) is 0 Å². The van der Waals surface area contributed by atoms with Gasteiger partial charge in [-0.05, 0) is 0 Å². The summed E-state index contributed by atoms with van der Waals surface area (Å²) < 4.78 is 22.2. The molecule has 0 atom stereocenters. The summed E-state index contributed by atoms with van der Waals surface area (Å²) in [5.74, 6) is 0. The Morgan fingerprint density at radius 1 is 0.800 bits per heavy atom. The first kappa shape index (κ1) is 42.8. The maximum Gasteiger partial charge on any atom is 0 e. The van der Waals surface area contributed by atoms with Crippen molar-refractivity contribution >= 4 is 168 Å². The van der Waals surface area contributed by atoms with Gasteiger partial charge in [0, 0.05) is 19.5 Å². The smallest absolute Gasteiger partial charge is 0 e. The van der Waals surface area contributed by atoms with Crippen LogP contribution in [0.1, 0.15) is 0 Å². The minimum atomic E-state index is -5.05. The standard InChI is InChI=1S/ClH.K.3Na.H4O7P2.Zn.4H/c;;;;;1-8(2,3)7-9(4,5)6;;;;;/h1H;;;;;(H2,1,2,3)(H2,4,5,6);;;;;. The fourth-order valence-electron chi connectivity index (χ4n) is 0.139. The number of rotatable bonds is 2. The van der Waals surface area contributed by atoms with Crippen molar-refractivity contribution < 1.29 is 52.5 Å². The molecule has 0 spiro atoms. The second kappa shape index (κ2) is 19.8. The fraction of sp³-hybridized carbons (Fsp3) is 0. The van der Waals surface area contributed by atoms with Crippen molar-refractivity contribution in [2.45, 2.75) is 0 Å². The van der Waals surface area contributed by atoms with E-state index in [0.29, 0.717) is 0 Å². The maximum absolute atomic E-state index is 9.63. The van der Waals surface area contributed by atoms with Crippen molar-refractivity contribution in [2.24, 2.45) is 0 Å². The molecule has 0 aliphatic carbocycles. The van der Waals surface area contributed by atoms with Crippen molar-refractivity contribution in [2.75, 3.05) is 0 Å². The van der Waals surface area contributed by atoms with E-state index in [-0.39, 0.29) is 172 Å². The van der Waals surface area contributed by atoms with Crippen LogP contribution in [0.3, 0.4) is 0 Å². The zero-order chi connectivity index (χ0) is 7.71. The van der Waals surface area contributed by atoms with E-state index in [9.17, 15) is 9.13 Å². The van der Waals surface area contributed by atoms with Gasteiger partial charge in [-0.3, -0.25) is 0 Å². The van der Waals surface area contributed by atoms with Gasteiger partial charge < -0.3 is 19.6 Å². The summed E-state index contributed by atoms with van der Waals surface area (Å²) >= 11 is 0. The van der Waals surface area contributed by atoms with Crippen molar-refractivity contribution in [3.63, 3.8) is 0 Å². The zero-order valence-corrected chi connectivity index (χ0v) is 10.6. The first-order valence-electron chi connectivity index (χ1n) is 1.53. The Bertz CT molecular complexity index is 173. The summed E-state index contributed by atoms with van der Waals surface area (Å²) in [6, 6.07) is 0. The molecule has 74 valence electrons. The molecular formula is H9ClKNa3O7P2Zn. The van der Waals surface area contributed by atoms with Crippen LogP contribution in [0.15, 0.2) is 0 Å². The minimum Gasteiger partial charge on any atom is 0 e. The van der Waals surface area contributed by atoms with Gasteiger partial charge in [-0.25, -0.2) is 9.13 Å². The number of phosphoric acid groups is 2. The van der Waals surface area contributed by atoms with Crippen LogP contribution in [0.4, 0.5) is 0 Å². The molecule has 0 fully saturated rings. The molecule has 0 heterocycles. The quantitative estimate of drug-likeness (QED) is 0.292. The molecule has 0 amide bonds. The molecule has 0 rings (SSSR count). The first-order chi connectivity index (χ1) is 3.71. The van der Waals surface area contributed by atoms with Crippen LogP contribution in [0.5, 0.6) is 0 Å². The van der Waals surface area contributed by atoms with Crippen molar-refractivity contribution in [1.29, 1.82) is 0 Å². The fourth-order valence-corrected chi connectivity index (χ4v) is 1.25. The average Bonchev–Trinajstić information content (AvgIpc) is 1.14. The maximum atomic E-state index is 9.63. The van der Waals surface area contributed by atoms with Crippen LogP contribution in [0.2, 0.25) is 0 Å². The molecule has 0 aromatic carbocycles. The van der Waals surface area contributed by atoms with Crippen LogP contribution in [-0.4, -0.2) is 160 Å². The molecule has 0 unspecified atom stereocenters. The summed E-state index contributed by atoms with van der Waals surface area (Å²) in [6.07, 6.45) is 0. The summed E-state index contributed by atoms with van der Waals surface area (Å²) in [6.45, 7) is 0. The van der Waals surface area contributed by atoms with Crippen molar-refractivity contribution in [1.82, 2.24) is 0 Å². The predicted molar refractivity (Wildman–Crippen MR) is 61.0 cm³/mol. The SMILES string of the molecule is Cl.O=P(O)(O)OP(=O)(O)O.[KH].[NaH].[NaH].[NaH].[Zn]. The van der Waals surface area contributed by atoms with E-state index < -0.39 is 15.6 Å². The van der Waals surface area contributed by atoms with E-state index in [2.05, 4.69) is 4.31 Å². The van der Waals surface area contributed by atoms with E-state index in [0.717, 1.165) is 0 Å². The van der Waals surface area contributed by atoms with Crippen LogP contribution < -0.4 is 0 Å². The molecule has 0 saturated carbocycles. The first-order valence-corrected chi connectivity index (χ1v) is 4.59. The predicted octanol–water partition coefficient (Wildman–Crippen LogP) is -2.99. The monoisotopic (exact) mass is 390 g/mol. The third-order valence-electron chi connectivity index (χ3n) is 0.213. The third kappa shape index (κ3) is 45.1. The molecule has 4 N–H and O–H groups in total. The van der Waals surface area contributed by atoms with Gasteiger partial charge >= 0.3 is 156 Å². The number of halogens is 1. The Kier molecular flexibility index (Phi) is 56.6. The van der Waals surface area contributed by atoms with Gasteiger partial charge in [0.15, 0.2) is 0 Å². The Morgan fingerprint density at radius 2 is 0.933 bits per heavy atom. The third-order valence-corrected chi connectivity index (χ3v) is 1.91. The Hall–Kier alpha value is 5.81. The molecule has 0 aromatic heterocycles. The summed E-state index contributed by atoms with van der Waals surface area (Å²) in [5, 5.41) is 0. The Labute approximate surface area is 215 Å². The second-order valence-corrected chi connectivity index (χ2v) is 3.68. The van der Waals surface area contributed by atoms with Gasteiger partial charge in [0.25, 0.3) is 0 Å². The van der Waals surface area contributed by atoms with Crippen LogP contribution in [0.25, 0.3) is 0 Å². The van der Waals surface area contributed by atoms with E-state index in [1.807, 2.05) is 0 Å². The number of hydrogen-bond acceptors (Lipinski definition) is 3. The summed E-state index contributed by atoms with van der Waals surface area (Å²) in [4.78, 5) is 31.0. The van der Waals surface area contributed by atoms with Gasteiger partial charge in [-0.2, -0.15) is 4.31 Å². The molecule has 15 heavy (non-hydrogen) atoms. The van der Waals surface area contributed by atoms with E-state index in [1.165, 1.54) is 0 Å². The second-order valence-electron chi connectivity index (χ2n) is 1.06. The van der Waals surface area contributed by atoms with E-state index in [1.54, 1.807) is 0 Å². The Morgan fingerprint density at radius 3 is 0.933 bits per heavy atom. The molecule has 0 bridgehead atoms.